The van der Waals surface area contributed by atoms with Gasteiger partial charge in [-0.2, -0.15) is 0 Å². The van der Waals surface area contributed by atoms with Gasteiger partial charge in [-0.1, -0.05) is 13.8 Å². The van der Waals surface area contributed by atoms with Crippen molar-refractivity contribution in [1.29, 1.82) is 0 Å². The lowest BCUT2D eigenvalue weighted by molar-refractivity contribution is -0.172. The molecule has 2 fully saturated rings. The average Bonchev–Trinajstić information content (AvgIpc) is 2.76. The smallest absolute Gasteiger partial charge is 0.336 e. The first-order valence-corrected chi connectivity index (χ1v) is 5.43. The van der Waals surface area contributed by atoms with Crippen molar-refractivity contribution < 1.29 is 15.0 Å². The van der Waals surface area contributed by atoms with Crippen molar-refractivity contribution in [2.45, 2.75) is 38.7 Å². The average molecular weight is 198 g/mol. The van der Waals surface area contributed by atoms with E-state index in [0.29, 0.717) is 11.8 Å². The fourth-order valence-electron chi connectivity index (χ4n) is 3.08. The van der Waals surface area contributed by atoms with Crippen molar-refractivity contribution in [2.75, 3.05) is 0 Å². The number of aliphatic hydroxyl groups is 1. The highest BCUT2D eigenvalue weighted by molar-refractivity contribution is 5.78. The molecule has 4 atom stereocenters. The largest absolute Gasteiger partial charge is 0.479 e. The Kier molecular flexibility index (Phi) is 2.11. The molecule has 14 heavy (non-hydrogen) atoms. The van der Waals surface area contributed by atoms with Crippen molar-refractivity contribution in [3.63, 3.8) is 0 Å². The van der Waals surface area contributed by atoms with E-state index in [-0.39, 0.29) is 11.8 Å². The first-order valence-electron chi connectivity index (χ1n) is 5.43. The van der Waals surface area contributed by atoms with Gasteiger partial charge < -0.3 is 10.2 Å². The van der Waals surface area contributed by atoms with Crippen molar-refractivity contribution in [2.24, 2.45) is 23.7 Å². The lowest BCUT2D eigenvalue weighted by atomic mass is 9.76. The topological polar surface area (TPSA) is 57.5 Å². The van der Waals surface area contributed by atoms with Gasteiger partial charge in [-0.05, 0) is 37.0 Å². The molecular weight excluding hydrogens is 180 g/mol. The summed E-state index contributed by atoms with van der Waals surface area (Å²) in [6.45, 7) is 3.59. The van der Waals surface area contributed by atoms with E-state index in [1.165, 1.54) is 0 Å². The fourth-order valence-corrected chi connectivity index (χ4v) is 3.08. The molecule has 0 radical (unpaired) electrons. The van der Waals surface area contributed by atoms with Gasteiger partial charge in [0.1, 0.15) is 0 Å². The summed E-state index contributed by atoms with van der Waals surface area (Å²) in [7, 11) is 0. The summed E-state index contributed by atoms with van der Waals surface area (Å²) in [5.74, 6) is -0.0532. The Morgan fingerprint density at radius 1 is 1.43 bits per heavy atom. The molecule has 0 aromatic carbocycles. The summed E-state index contributed by atoms with van der Waals surface area (Å²) < 4.78 is 0. The number of fused-ring (bicyclic) bond motifs is 1. The van der Waals surface area contributed by atoms with Crippen LogP contribution < -0.4 is 0 Å². The molecule has 2 aliphatic carbocycles. The number of hydrogen-bond acceptors (Lipinski definition) is 2. The predicted molar refractivity (Wildman–Crippen MR) is 51.7 cm³/mol. The fraction of sp³-hybridized carbons (Fsp3) is 0.909. The third-order valence-electron chi connectivity index (χ3n) is 4.13. The molecular formula is C11H18O3. The maximum absolute atomic E-state index is 11.2. The highest BCUT2D eigenvalue weighted by Crippen LogP contribution is 2.59. The summed E-state index contributed by atoms with van der Waals surface area (Å²) in [6.07, 6.45) is 3.13. The maximum atomic E-state index is 11.2. The monoisotopic (exact) mass is 198 g/mol. The van der Waals surface area contributed by atoms with Crippen LogP contribution in [0.5, 0.6) is 0 Å². The predicted octanol–water partition coefficient (Wildman–Crippen LogP) is 1.50. The molecule has 0 spiro atoms. The lowest BCUT2D eigenvalue weighted by Gasteiger charge is -2.34. The number of carboxylic acid groups (broad SMARTS) is 1. The zero-order valence-electron chi connectivity index (χ0n) is 8.73. The van der Waals surface area contributed by atoms with Crippen LogP contribution in [0.15, 0.2) is 0 Å². The second kappa shape index (κ2) is 2.96. The van der Waals surface area contributed by atoms with Crippen molar-refractivity contribution in [1.82, 2.24) is 0 Å². The number of carbonyl (C=O) groups is 1. The molecule has 0 aromatic heterocycles. The second-order valence-corrected chi connectivity index (χ2v) is 5.13. The molecule has 0 bridgehead atoms. The van der Waals surface area contributed by atoms with E-state index >= 15 is 0 Å². The van der Waals surface area contributed by atoms with Gasteiger partial charge >= 0.3 is 5.97 Å². The molecule has 0 heterocycles. The second-order valence-electron chi connectivity index (χ2n) is 5.13. The summed E-state index contributed by atoms with van der Waals surface area (Å²) in [5, 5.41) is 19.4. The van der Waals surface area contributed by atoms with Crippen molar-refractivity contribution >= 4 is 5.97 Å². The molecule has 3 nitrogen and oxygen atoms in total. The molecule has 0 amide bonds. The third kappa shape index (κ3) is 1.18. The molecule has 2 saturated carbocycles. The Hall–Kier alpha value is -0.570. The quantitative estimate of drug-likeness (QED) is 0.722. The standard InChI is InChI=1S/C11H18O3/c1-6(2)11(14,10(12)13)9-4-3-7-5-8(7)9/h6-9,14H,3-5H2,1-2H3,(H,12,13). The van der Waals surface area contributed by atoms with E-state index in [0.717, 1.165) is 19.3 Å². The minimum absolute atomic E-state index is 0.00926. The Morgan fingerprint density at radius 2 is 2.07 bits per heavy atom. The van der Waals surface area contributed by atoms with Crippen LogP contribution in [0.1, 0.15) is 33.1 Å². The molecule has 3 heteroatoms. The van der Waals surface area contributed by atoms with E-state index in [1.807, 2.05) is 0 Å². The van der Waals surface area contributed by atoms with Crippen LogP contribution in [0.3, 0.4) is 0 Å². The molecule has 2 aliphatic rings. The van der Waals surface area contributed by atoms with Crippen LogP contribution in [-0.2, 0) is 4.79 Å². The van der Waals surface area contributed by atoms with Crippen molar-refractivity contribution in [3.8, 4) is 0 Å². The van der Waals surface area contributed by atoms with Gasteiger partial charge in [0.25, 0.3) is 0 Å². The number of aliphatic carboxylic acids is 1. The van der Waals surface area contributed by atoms with Gasteiger partial charge in [-0.15, -0.1) is 0 Å². The minimum atomic E-state index is -1.49. The van der Waals surface area contributed by atoms with Crippen LogP contribution in [0.2, 0.25) is 0 Å². The van der Waals surface area contributed by atoms with Gasteiger partial charge in [-0.3, -0.25) is 0 Å². The summed E-state index contributed by atoms with van der Waals surface area (Å²) in [4.78, 5) is 11.2. The Morgan fingerprint density at radius 3 is 2.36 bits per heavy atom. The van der Waals surface area contributed by atoms with E-state index < -0.39 is 11.6 Å². The zero-order valence-corrected chi connectivity index (χ0v) is 8.73. The van der Waals surface area contributed by atoms with E-state index in [4.69, 9.17) is 5.11 Å². The molecule has 2 rings (SSSR count). The van der Waals surface area contributed by atoms with E-state index in [9.17, 15) is 9.90 Å². The number of hydrogen-bond donors (Lipinski definition) is 2. The summed E-state index contributed by atoms with van der Waals surface area (Å²) in [5.41, 5.74) is -1.49. The van der Waals surface area contributed by atoms with Gasteiger partial charge in [0.2, 0.25) is 0 Å². The van der Waals surface area contributed by atoms with Gasteiger partial charge in [0.15, 0.2) is 5.60 Å². The van der Waals surface area contributed by atoms with Crippen LogP contribution in [0.4, 0.5) is 0 Å². The highest BCUT2D eigenvalue weighted by atomic mass is 16.4. The number of carboxylic acids is 1. The van der Waals surface area contributed by atoms with Crippen molar-refractivity contribution in [3.05, 3.63) is 0 Å². The van der Waals surface area contributed by atoms with E-state index in [2.05, 4.69) is 0 Å². The van der Waals surface area contributed by atoms with Gasteiger partial charge in [0.05, 0.1) is 0 Å². The Balaban J connectivity index is 2.21. The van der Waals surface area contributed by atoms with Gasteiger partial charge in [-0.25, -0.2) is 4.79 Å². The molecule has 0 aromatic rings. The maximum Gasteiger partial charge on any atom is 0.336 e. The zero-order chi connectivity index (χ0) is 10.5. The van der Waals surface area contributed by atoms with E-state index in [1.54, 1.807) is 13.8 Å². The van der Waals surface area contributed by atoms with Crippen LogP contribution in [0, 0.1) is 23.7 Å². The minimum Gasteiger partial charge on any atom is -0.479 e. The summed E-state index contributed by atoms with van der Waals surface area (Å²) in [6, 6.07) is 0. The third-order valence-corrected chi connectivity index (χ3v) is 4.13. The van der Waals surface area contributed by atoms with Crippen LogP contribution >= 0.6 is 0 Å². The molecule has 0 saturated heterocycles. The normalized spacial score (nSPS) is 39.3. The molecule has 0 aliphatic heterocycles. The molecule has 2 N–H and O–H groups in total. The first kappa shape index (κ1) is 9.97. The Bertz CT molecular complexity index is 261. The molecule has 80 valence electrons. The first-order chi connectivity index (χ1) is 6.48. The highest BCUT2D eigenvalue weighted by Gasteiger charge is 2.59. The SMILES string of the molecule is CC(C)C(O)(C(=O)O)C1CCC2CC21. The van der Waals surface area contributed by atoms with Gasteiger partial charge in [0, 0.05) is 5.92 Å². The number of rotatable bonds is 3. The Labute approximate surface area is 84.1 Å². The van der Waals surface area contributed by atoms with Crippen LogP contribution in [-0.4, -0.2) is 21.8 Å². The van der Waals surface area contributed by atoms with Crippen LogP contribution in [0.25, 0.3) is 0 Å². The molecule has 4 unspecified atom stereocenters. The summed E-state index contributed by atoms with van der Waals surface area (Å²) >= 11 is 0. The lowest BCUT2D eigenvalue weighted by Crippen LogP contribution is -2.50.